The lowest BCUT2D eigenvalue weighted by Crippen LogP contribution is -2.46. The predicted molar refractivity (Wildman–Crippen MR) is 340 cm³/mol. The Hall–Kier alpha value is -10.6. The van der Waals surface area contributed by atoms with Gasteiger partial charge >= 0.3 is 23.9 Å². The Morgan fingerprint density at radius 1 is 0.371 bits per heavy atom. The number of thiophene rings is 3. The average molecular weight is 1220 g/mol. The van der Waals surface area contributed by atoms with Crippen LogP contribution in [0.3, 0.4) is 0 Å². The van der Waals surface area contributed by atoms with Crippen LogP contribution in [0.1, 0.15) is 90.1 Å². The van der Waals surface area contributed by atoms with E-state index in [0.29, 0.717) is 46.5 Å². The molecule has 0 aliphatic heterocycles. The molecule has 0 bridgehead atoms. The molecule has 15 heteroatoms. The van der Waals surface area contributed by atoms with Crippen molar-refractivity contribution in [2.45, 2.75) is 37.3 Å². The van der Waals surface area contributed by atoms with Gasteiger partial charge in [0.1, 0.15) is 26.4 Å². The van der Waals surface area contributed by atoms with Crippen LogP contribution in [-0.2, 0) is 75.4 Å². The zero-order valence-corrected chi connectivity index (χ0v) is 49.2. The van der Waals surface area contributed by atoms with E-state index in [9.17, 15) is 19.2 Å². The Labute approximate surface area is 519 Å². The lowest BCUT2D eigenvalue weighted by atomic mass is 9.76. The molecule has 12 nitrogen and oxygen atoms in total. The Balaban J connectivity index is 0.955. The number of carbonyl (C=O) groups is 8. The van der Waals surface area contributed by atoms with Crippen molar-refractivity contribution in [3.63, 3.8) is 0 Å². The van der Waals surface area contributed by atoms with Crippen molar-refractivity contribution in [2.24, 2.45) is 0 Å². The van der Waals surface area contributed by atoms with Gasteiger partial charge < -0.3 is 18.9 Å². The highest BCUT2D eigenvalue weighted by Gasteiger charge is 2.64. The summed E-state index contributed by atoms with van der Waals surface area (Å²) in [6.07, 6.45) is 4.33. The highest BCUT2D eigenvalue weighted by Crippen LogP contribution is 2.64. The van der Waals surface area contributed by atoms with E-state index in [1.54, 1.807) is 146 Å². The molecule has 0 N–H and O–H groups in total. The summed E-state index contributed by atoms with van der Waals surface area (Å²) >= 11 is 3.33. The lowest BCUT2D eigenvalue weighted by molar-refractivity contribution is -0.166. The minimum Gasteiger partial charge on any atom is -0.459 e. The molecule has 0 amide bonds. The fraction of sp³-hybridized carbons (Fsp3) is 0.0811. The predicted octanol–water partition coefficient (Wildman–Crippen LogP) is 14.7. The molecular weight excluding hydrogens is 1180 g/mol. The maximum absolute atomic E-state index is 16.0. The summed E-state index contributed by atoms with van der Waals surface area (Å²) in [7, 11) is 0. The Morgan fingerprint density at radius 2 is 0.719 bits per heavy atom. The number of Topliss-reactive ketones (excluding diaryl/α,β-unsaturated/α-hetero) is 4. The smallest absolute Gasteiger partial charge is 0.333 e. The number of allylic oxidation sites excluding steroid dienone is 3. The molecule has 8 aromatic carbocycles. The van der Waals surface area contributed by atoms with E-state index < -0.39 is 57.8 Å². The van der Waals surface area contributed by atoms with E-state index in [4.69, 9.17) is 18.9 Å². The first-order chi connectivity index (χ1) is 43.4. The zero-order chi connectivity index (χ0) is 60.7. The number of fused-ring (bicyclic) bond motifs is 11. The third kappa shape index (κ3) is 8.82. The normalized spacial score (nSPS) is 14.7. The number of hydrogen-bond donors (Lipinski definition) is 0. The van der Waals surface area contributed by atoms with Gasteiger partial charge in [-0.3, -0.25) is 38.4 Å². The van der Waals surface area contributed by atoms with Crippen LogP contribution in [0, 0.1) is 0 Å². The van der Waals surface area contributed by atoms with Crippen LogP contribution in [0.25, 0.3) is 52.9 Å². The second kappa shape index (κ2) is 21.7. The van der Waals surface area contributed by atoms with Gasteiger partial charge in [-0.1, -0.05) is 170 Å². The van der Waals surface area contributed by atoms with E-state index in [2.05, 4.69) is 0 Å². The molecule has 0 atom stereocenters. The van der Waals surface area contributed by atoms with E-state index in [1.807, 2.05) is 60.7 Å². The highest BCUT2D eigenvalue weighted by molar-refractivity contribution is 7.32. The Kier molecular flexibility index (Phi) is 13.4. The fourth-order valence-corrected chi connectivity index (χ4v) is 16.8. The summed E-state index contributed by atoms with van der Waals surface area (Å²) in [6.45, 7) is -1.12. The summed E-state index contributed by atoms with van der Waals surface area (Å²) in [6, 6.07) is 58.7. The van der Waals surface area contributed by atoms with Crippen LogP contribution in [0.15, 0.2) is 223 Å². The molecule has 0 saturated carbocycles. The minimum atomic E-state index is -2.57. The van der Waals surface area contributed by atoms with Gasteiger partial charge in [0.2, 0.25) is 10.8 Å². The monoisotopic (exact) mass is 1220 g/mol. The topological polar surface area (TPSA) is 173 Å². The SMILES string of the molecule is O=C1C(=CC2=Cc3sc4c5c(sc4c3C2(C(=O)OCc2ccccc2)C(=O)OCc2ccccc2)-c2sc(C=C3C(=O)c4cc6ccccc6cc4C3=O)cc2C5(C(=O)OCc2ccccc2)C(=O)OCc2ccccc2)C(=O)c2cc3ccccc3cc21. The van der Waals surface area contributed by atoms with Gasteiger partial charge in [-0.25, -0.2) is 0 Å². The summed E-state index contributed by atoms with van der Waals surface area (Å²) in [4.78, 5) is 123. The first kappa shape index (κ1) is 55.0. The molecule has 0 unspecified atom stereocenters. The molecule has 430 valence electrons. The van der Waals surface area contributed by atoms with Gasteiger partial charge in [0.05, 0.1) is 30.3 Å². The van der Waals surface area contributed by atoms with Crippen molar-refractivity contribution in [3.05, 3.63) is 294 Å². The summed E-state index contributed by atoms with van der Waals surface area (Å²) < 4.78 is 25.8. The van der Waals surface area contributed by atoms with Crippen LogP contribution in [0.5, 0.6) is 0 Å². The average Bonchev–Trinajstić information content (AvgIpc) is 1.50. The molecule has 3 heterocycles. The minimum absolute atomic E-state index is 0.0815. The number of rotatable bonds is 14. The van der Waals surface area contributed by atoms with E-state index >= 15 is 19.2 Å². The van der Waals surface area contributed by atoms with Crippen LogP contribution in [0.2, 0.25) is 0 Å². The molecule has 3 aromatic heterocycles. The second-order valence-electron chi connectivity index (χ2n) is 22.0. The number of ether oxygens (including phenoxy) is 4. The number of benzene rings is 8. The molecule has 0 saturated heterocycles. The fourth-order valence-electron chi connectivity index (χ4n) is 12.4. The van der Waals surface area contributed by atoms with Crippen molar-refractivity contribution in [3.8, 4) is 9.75 Å². The van der Waals surface area contributed by atoms with Gasteiger partial charge in [0, 0.05) is 48.7 Å². The number of carbonyl (C=O) groups excluding carboxylic acids is 8. The van der Waals surface area contributed by atoms with Crippen molar-refractivity contribution in [1.82, 2.24) is 0 Å². The van der Waals surface area contributed by atoms with Gasteiger partial charge in [0.15, 0.2) is 23.1 Å². The van der Waals surface area contributed by atoms with E-state index in [1.165, 1.54) is 12.2 Å². The van der Waals surface area contributed by atoms with Crippen molar-refractivity contribution >= 4 is 124 Å². The van der Waals surface area contributed by atoms with Crippen LogP contribution >= 0.6 is 34.0 Å². The second-order valence-corrected chi connectivity index (χ2v) is 25.1. The maximum atomic E-state index is 16.0. The van der Waals surface area contributed by atoms with Crippen molar-refractivity contribution < 1.29 is 57.3 Å². The van der Waals surface area contributed by atoms with Crippen LogP contribution < -0.4 is 0 Å². The quantitative estimate of drug-likeness (QED) is 0.0332. The summed E-state index contributed by atoms with van der Waals surface area (Å²) in [5.74, 6) is -6.37. The third-order valence-corrected chi connectivity index (χ3v) is 20.5. The highest BCUT2D eigenvalue weighted by atomic mass is 32.1. The molecule has 4 aliphatic rings. The molecule has 11 aromatic rings. The number of esters is 4. The van der Waals surface area contributed by atoms with Gasteiger partial charge in [-0.2, -0.15) is 0 Å². The van der Waals surface area contributed by atoms with E-state index in [-0.39, 0.29) is 86.8 Å². The summed E-state index contributed by atoms with van der Waals surface area (Å²) in [5, 5.41) is 3.03. The number of ketones is 4. The van der Waals surface area contributed by atoms with Gasteiger partial charge in [-0.05, 0) is 97.9 Å². The maximum Gasteiger partial charge on any atom is 0.333 e. The van der Waals surface area contributed by atoms with Crippen molar-refractivity contribution in [1.29, 1.82) is 0 Å². The standard InChI is InChI=1S/C74H44O12S3/c75-61-51-29-45-25-13-14-26-46(45)30-52(51)62(76)55(61)33-49-34-58-59(73(49,69(79)83-37-41-17-5-1-6-18-41)70(80)84-38-42-19-7-2-8-20-42)66-68(88-58)60-67(89-66)65-57(36-50(87-65)35-56-63(77)53-31-47-27-15-16-28-48(47)32-54(53)64(56)78)74(60,71(81)85-39-43-21-9-3-10-22-43)72(82)86-40-44-23-11-4-12-24-44/h1-36H,37-40H2. The molecule has 4 aliphatic carbocycles. The largest absolute Gasteiger partial charge is 0.459 e. The van der Waals surface area contributed by atoms with Gasteiger partial charge in [-0.15, -0.1) is 34.0 Å². The number of hydrogen-bond acceptors (Lipinski definition) is 15. The van der Waals surface area contributed by atoms with Crippen molar-refractivity contribution in [2.75, 3.05) is 0 Å². The first-order valence-electron chi connectivity index (χ1n) is 28.4. The van der Waals surface area contributed by atoms with Crippen LogP contribution in [-0.4, -0.2) is 47.0 Å². The molecular formula is C74H44O12S3. The third-order valence-electron chi connectivity index (χ3n) is 16.8. The van der Waals surface area contributed by atoms with E-state index in [0.717, 1.165) is 55.6 Å². The molecule has 0 radical (unpaired) electrons. The molecule has 0 fully saturated rings. The first-order valence-corrected chi connectivity index (χ1v) is 30.9. The zero-order valence-electron chi connectivity index (χ0n) is 46.7. The Bertz CT molecular complexity index is 4780. The molecule has 89 heavy (non-hydrogen) atoms. The van der Waals surface area contributed by atoms with Crippen LogP contribution in [0.4, 0.5) is 0 Å². The van der Waals surface area contributed by atoms with Gasteiger partial charge in [0.25, 0.3) is 0 Å². The Morgan fingerprint density at radius 3 is 1.11 bits per heavy atom. The molecule has 0 spiro atoms. The lowest BCUT2D eigenvalue weighted by Gasteiger charge is -2.28. The summed E-state index contributed by atoms with van der Waals surface area (Å²) in [5.41, 5.74) is -1.81. The molecule has 15 rings (SSSR count).